The second-order valence-corrected chi connectivity index (χ2v) is 5.42. The quantitative estimate of drug-likeness (QED) is 0.764. The van der Waals surface area contributed by atoms with Crippen LogP contribution < -0.4 is 0 Å². The van der Waals surface area contributed by atoms with Crippen molar-refractivity contribution in [3.05, 3.63) is 34.9 Å². The first kappa shape index (κ1) is 12.9. The Hall–Kier alpha value is -0.540. The molecular weight excluding hydrogens is 302 g/mol. The van der Waals surface area contributed by atoms with Crippen LogP contribution >= 0.6 is 27.5 Å². The molecule has 1 amide bonds. The van der Waals surface area contributed by atoms with Crippen LogP contribution in [0.25, 0.3) is 0 Å². The van der Waals surface area contributed by atoms with Gasteiger partial charge in [-0.05, 0) is 30.9 Å². The highest BCUT2D eigenvalue weighted by Gasteiger charge is 2.23. The summed E-state index contributed by atoms with van der Waals surface area (Å²) in [5.74, 6) is 0.758. The maximum Gasteiger partial charge on any atom is 0.255 e. The van der Waals surface area contributed by atoms with Crippen LogP contribution in [0.5, 0.6) is 0 Å². The first-order valence-corrected chi connectivity index (χ1v) is 7.32. The average Bonchev–Trinajstić information content (AvgIpc) is 2.39. The molecular formula is C13H15BrClNO. The Bertz CT molecular complexity index is 402. The normalized spacial score (nSPS) is 17.2. The fraction of sp³-hybridized carbons (Fsp3) is 0.462. The summed E-state index contributed by atoms with van der Waals surface area (Å²) in [7, 11) is 0. The number of carbonyl (C=O) groups excluding carboxylic acids is 1. The molecule has 0 radical (unpaired) electrons. The number of piperidine rings is 1. The molecule has 0 saturated carbocycles. The maximum absolute atomic E-state index is 12.2. The van der Waals surface area contributed by atoms with Gasteiger partial charge in [0.1, 0.15) is 0 Å². The number of nitrogens with zero attached hydrogens (tertiary/aromatic N) is 1. The summed E-state index contributed by atoms with van der Waals surface area (Å²) in [6.07, 6.45) is 2.14. The van der Waals surface area contributed by atoms with Gasteiger partial charge in [0, 0.05) is 18.4 Å². The van der Waals surface area contributed by atoms with E-state index in [1.54, 1.807) is 12.1 Å². The van der Waals surface area contributed by atoms with Crippen LogP contribution in [-0.4, -0.2) is 29.2 Å². The monoisotopic (exact) mass is 315 g/mol. The lowest BCUT2D eigenvalue weighted by Gasteiger charge is -2.31. The van der Waals surface area contributed by atoms with Crippen LogP contribution in [0, 0.1) is 5.92 Å². The van der Waals surface area contributed by atoms with E-state index in [1.165, 1.54) is 0 Å². The van der Waals surface area contributed by atoms with Crippen molar-refractivity contribution in [2.24, 2.45) is 5.92 Å². The number of carbonyl (C=O) groups is 1. The maximum atomic E-state index is 12.2. The van der Waals surface area contributed by atoms with E-state index in [1.807, 2.05) is 17.0 Å². The molecule has 1 aromatic rings. The van der Waals surface area contributed by atoms with Crippen LogP contribution in [0.1, 0.15) is 23.2 Å². The van der Waals surface area contributed by atoms with Crippen molar-refractivity contribution in [3.63, 3.8) is 0 Å². The van der Waals surface area contributed by atoms with Crippen molar-refractivity contribution >= 4 is 33.4 Å². The molecule has 0 aliphatic carbocycles. The van der Waals surface area contributed by atoms with Gasteiger partial charge in [0.05, 0.1) is 10.6 Å². The third kappa shape index (κ3) is 3.02. The second-order valence-electron chi connectivity index (χ2n) is 4.37. The lowest BCUT2D eigenvalue weighted by molar-refractivity contribution is 0.0699. The van der Waals surface area contributed by atoms with Gasteiger partial charge in [0.15, 0.2) is 0 Å². The fourth-order valence-electron chi connectivity index (χ4n) is 2.10. The SMILES string of the molecule is O=C(c1ccccc1Cl)N1CCC(CBr)CC1. The number of hydrogen-bond donors (Lipinski definition) is 0. The molecule has 0 aromatic heterocycles. The van der Waals surface area contributed by atoms with Gasteiger partial charge in [0.25, 0.3) is 5.91 Å². The minimum absolute atomic E-state index is 0.0589. The summed E-state index contributed by atoms with van der Waals surface area (Å²) in [6, 6.07) is 7.25. The fourth-order valence-corrected chi connectivity index (χ4v) is 2.96. The molecule has 92 valence electrons. The molecule has 0 unspecified atom stereocenters. The Kier molecular flexibility index (Phi) is 4.46. The van der Waals surface area contributed by atoms with E-state index in [2.05, 4.69) is 15.9 Å². The van der Waals surface area contributed by atoms with Gasteiger partial charge in [-0.3, -0.25) is 4.79 Å². The van der Waals surface area contributed by atoms with E-state index in [0.717, 1.165) is 31.3 Å². The van der Waals surface area contributed by atoms with Crippen molar-refractivity contribution in [3.8, 4) is 0 Å². The third-order valence-corrected chi connectivity index (χ3v) is 4.47. The van der Waals surface area contributed by atoms with Gasteiger partial charge in [0.2, 0.25) is 0 Å². The molecule has 0 bridgehead atoms. The smallest absolute Gasteiger partial charge is 0.255 e. The number of hydrogen-bond acceptors (Lipinski definition) is 1. The van der Waals surface area contributed by atoms with Crippen LogP contribution in [0.2, 0.25) is 5.02 Å². The molecule has 1 aromatic carbocycles. The van der Waals surface area contributed by atoms with Crippen molar-refractivity contribution in [1.82, 2.24) is 4.90 Å². The van der Waals surface area contributed by atoms with Crippen LogP contribution in [0.15, 0.2) is 24.3 Å². The predicted octanol–water partition coefficient (Wildman–Crippen LogP) is 3.59. The van der Waals surface area contributed by atoms with Gasteiger partial charge in [-0.1, -0.05) is 39.7 Å². The molecule has 2 nitrogen and oxygen atoms in total. The molecule has 1 aliphatic rings. The lowest BCUT2D eigenvalue weighted by Crippen LogP contribution is -2.38. The number of likely N-dealkylation sites (tertiary alicyclic amines) is 1. The number of halogens is 2. The zero-order valence-electron chi connectivity index (χ0n) is 9.53. The first-order valence-electron chi connectivity index (χ1n) is 5.82. The van der Waals surface area contributed by atoms with E-state index >= 15 is 0 Å². The van der Waals surface area contributed by atoms with Crippen LogP contribution in [0.3, 0.4) is 0 Å². The summed E-state index contributed by atoms with van der Waals surface area (Å²) < 4.78 is 0. The molecule has 1 aliphatic heterocycles. The summed E-state index contributed by atoms with van der Waals surface area (Å²) in [5.41, 5.74) is 0.617. The highest BCUT2D eigenvalue weighted by Crippen LogP contribution is 2.23. The van der Waals surface area contributed by atoms with E-state index in [0.29, 0.717) is 16.5 Å². The molecule has 0 spiro atoms. The Balaban J connectivity index is 2.04. The molecule has 4 heteroatoms. The Morgan fingerprint density at radius 3 is 2.59 bits per heavy atom. The Morgan fingerprint density at radius 2 is 2.00 bits per heavy atom. The zero-order chi connectivity index (χ0) is 12.3. The van der Waals surface area contributed by atoms with Crippen molar-refractivity contribution < 1.29 is 4.79 Å². The minimum atomic E-state index is 0.0589. The predicted molar refractivity (Wildman–Crippen MR) is 73.9 cm³/mol. The van der Waals surface area contributed by atoms with Crippen molar-refractivity contribution in [1.29, 1.82) is 0 Å². The summed E-state index contributed by atoms with van der Waals surface area (Å²) >= 11 is 9.54. The molecule has 0 N–H and O–H groups in total. The van der Waals surface area contributed by atoms with Gasteiger partial charge in [-0.25, -0.2) is 0 Å². The Morgan fingerprint density at radius 1 is 1.35 bits per heavy atom. The van der Waals surface area contributed by atoms with Crippen molar-refractivity contribution in [2.75, 3.05) is 18.4 Å². The summed E-state index contributed by atoms with van der Waals surface area (Å²) in [6.45, 7) is 1.67. The van der Waals surface area contributed by atoms with Gasteiger partial charge < -0.3 is 4.90 Å². The molecule has 1 fully saturated rings. The molecule has 2 rings (SSSR count). The average molecular weight is 317 g/mol. The largest absolute Gasteiger partial charge is 0.339 e. The van der Waals surface area contributed by atoms with E-state index in [-0.39, 0.29) is 5.91 Å². The number of rotatable bonds is 2. The third-order valence-electron chi connectivity index (χ3n) is 3.22. The van der Waals surface area contributed by atoms with Gasteiger partial charge in [-0.2, -0.15) is 0 Å². The lowest BCUT2D eigenvalue weighted by atomic mass is 9.98. The molecule has 17 heavy (non-hydrogen) atoms. The van der Waals surface area contributed by atoms with Crippen LogP contribution in [-0.2, 0) is 0 Å². The van der Waals surface area contributed by atoms with E-state index < -0.39 is 0 Å². The van der Waals surface area contributed by atoms with E-state index in [4.69, 9.17) is 11.6 Å². The highest BCUT2D eigenvalue weighted by atomic mass is 79.9. The van der Waals surface area contributed by atoms with Gasteiger partial charge >= 0.3 is 0 Å². The minimum Gasteiger partial charge on any atom is -0.339 e. The Labute approximate surface area is 115 Å². The number of amides is 1. The van der Waals surface area contributed by atoms with E-state index in [9.17, 15) is 4.79 Å². The van der Waals surface area contributed by atoms with Crippen LogP contribution in [0.4, 0.5) is 0 Å². The molecule has 0 atom stereocenters. The topological polar surface area (TPSA) is 20.3 Å². The standard InChI is InChI=1S/C13H15BrClNO/c14-9-10-5-7-16(8-6-10)13(17)11-3-1-2-4-12(11)15/h1-4,10H,5-9H2. The number of alkyl halides is 1. The zero-order valence-corrected chi connectivity index (χ0v) is 11.9. The van der Waals surface area contributed by atoms with Gasteiger partial charge in [-0.15, -0.1) is 0 Å². The van der Waals surface area contributed by atoms with Crippen molar-refractivity contribution in [2.45, 2.75) is 12.8 Å². The first-order chi connectivity index (χ1) is 8.22. The molecule has 1 heterocycles. The second kappa shape index (κ2) is 5.87. The molecule has 1 saturated heterocycles. The number of benzene rings is 1. The summed E-state index contributed by atoms with van der Waals surface area (Å²) in [4.78, 5) is 14.1. The summed E-state index contributed by atoms with van der Waals surface area (Å²) in [5, 5.41) is 1.57. The highest BCUT2D eigenvalue weighted by molar-refractivity contribution is 9.09.